The molecule has 672 valence electrons. The molecule has 1 saturated heterocycles. The number of aromatic amines is 1. The molecule has 1 fully saturated rings. The van der Waals surface area contributed by atoms with Gasteiger partial charge in [-0.2, -0.15) is 25.3 Å². The van der Waals surface area contributed by atoms with E-state index in [1.807, 2.05) is 6.07 Å². The predicted octanol–water partition coefficient (Wildman–Crippen LogP) is -5.05. The molecular weight excluding hydrogens is 1650 g/mol. The summed E-state index contributed by atoms with van der Waals surface area (Å²) in [5.41, 5.74) is 32.6. The maximum Gasteiger partial charge on any atom is 0.248 e. The monoisotopic (exact) mass is 1760 g/mol. The summed E-state index contributed by atoms with van der Waals surface area (Å²) in [7, 11) is 0. The van der Waals surface area contributed by atoms with E-state index in [9.17, 15) is 67.4 Å². The summed E-state index contributed by atoms with van der Waals surface area (Å²) in [6.45, 7) is 8.97. The van der Waals surface area contributed by atoms with Crippen molar-refractivity contribution in [1.29, 1.82) is 0 Å². The number of carbonyl (C=O) groups is 19. The van der Waals surface area contributed by atoms with Gasteiger partial charge in [0, 0.05) is 104 Å². The number of aromatic nitrogens is 1. The third kappa shape index (κ3) is 31.0. The fourth-order valence-corrected chi connectivity index (χ4v) is 13.8. The standard InChI is InChI=1S/C81H110N20O21S2/c1-40(102)63(99-73(116)58(38-62(85)108)97-76(119)64(79(4,5)123)90-42(3)104)75(118)95-56(35-48-39-89-50-17-11-10-16-49(48)50)71(114)91-52(25-26-59(82)105)69(112)100-65(80(6,7)124)77(120)96-54(33-43-19-23-46(24-20-43)66(86)109)70(113)93-55(34-44-21-22-45-14-8-9-15-47(45)32-44)74(117)101-81(27-30-122-31-28-81)78(121)98-51(18-12-13-29-88-41(2)103)68(111)94-57(37-61(84)107)72(115)92-53(67(87)110)36-60(83)106/h8-11,14-17,19-24,32,39-40,51-58,63-65,89,102,123-124H,12-13,18,25-31,33-38H2,1-7H3,(H2,82,105)(H2,83,106)(H2,84,107)(H2,85,108)(H2,86,109)(H2,87,110)(H,88,103)(H,90,104)(H,91,114)(H,92,115)(H,93,113)(H,94,111)(H,95,118)(H,96,120)(H,97,119)(H,98,121)(H,99,116)(H,100,112)(H,101,117)/t40-,51+,52+,53+,54+,55+,56+,57+,58+,63+,64-,65-/m1/s1. The smallest absolute Gasteiger partial charge is 0.248 e. The lowest BCUT2D eigenvalue weighted by Crippen LogP contribution is -2.67. The number of primary amides is 6. The topological polar surface area (TPSA) is 682 Å². The van der Waals surface area contributed by atoms with Crippen LogP contribution in [-0.2, 0) is 110 Å². The molecule has 0 bridgehead atoms. The van der Waals surface area contributed by atoms with Gasteiger partial charge in [-0.1, -0.05) is 72.8 Å². The van der Waals surface area contributed by atoms with Crippen molar-refractivity contribution in [2.24, 2.45) is 34.4 Å². The number of carbonyl (C=O) groups excluding carboxylic acids is 19. The Morgan fingerprint density at radius 3 is 1.48 bits per heavy atom. The third-order valence-electron chi connectivity index (χ3n) is 20.1. The first-order valence-electron chi connectivity index (χ1n) is 39.6. The van der Waals surface area contributed by atoms with Crippen LogP contribution < -0.4 is 104 Å². The van der Waals surface area contributed by atoms with Crippen molar-refractivity contribution in [1.82, 2.24) is 74.1 Å². The molecular formula is C81H110N20O21S2. The van der Waals surface area contributed by atoms with Crippen LogP contribution in [0.3, 0.4) is 0 Å². The molecule has 6 rings (SSSR count). The Bertz CT molecular complexity index is 4790. The van der Waals surface area contributed by atoms with Crippen LogP contribution in [0.15, 0.2) is 97.2 Å². The fourth-order valence-electron chi connectivity index (χ4n) is 13.4. The molecule has 0 spiro atoms. The summed E-state index contributed by atoms with van der Waals surface area (Å²) >= 11 is 9.12. The minimum Gasteiger partial charge on any atom is -0.391 e. The predicted molar refractivity (Wildman–Crippen MR) is 456 cm³/mol. The van der Waals surface area contributed by atoms with E-state index in [-0.39, 0.29) is 75.3 Å². The van der Waals surface area contributed by atoms with Gasteiger partial charge in [-0.15, -0.1) is 0 Å². The van der Waals surface area contributed by atoms with Crippen molar-refractivity contribution >= 4 is 159 Å². The zero-order chi connectivity index (χ0) is 92.3. The van der Waals surface area contributed by atoms with Crippen LogP contribution in [0.1, 0.15) is 140 Å². The van der Waals surface area contributed by atoms with E-state index in [4.69, 9.17) is 51.8 Å². The number of nitrogens with one attached hydrogen (secondary N) is 14. The molecule has 2 heterocycles. The highest BCUT2D eigenvalue weighted by Crippen LogP contribution is 2.27. The molecule has 4 aromatic carbocycles. The number of fused-ring (bicyclic) bond motifs is 2. The lowest BCUT2D eigenvalue weighted by molar-refractivity contribution is -0.141. The average Bonchev–Trinajstić information content (AvgIpc) is 0.826. The van der Waals surface area contributed by atoms with E-state index < -0.39 is 239 Å². The lowest BCUT2D eigenvalue weighted by atomic mass is 9.87. The molecule has 41 nitrogen and oxygen atoms in total. The van der Waals surface area contributed by atoms with Gasteiger partial charge in [0.25, 0.3) is 0 Å². The number of hydrogen-bond donors (Lipinski definition) is 23. The second-order valence-corrected chi connectivity index (χ2v) is 33.7. The van der Waals surface area contributed by atoms with E-state index in [1.54, 1.807) is 60.7 Å². The van der Waals surface area contributed by atoms with Crippen molar-refractivity contribution in [3.05, 3.63) is 119 Å². The van der Waals surface area contributed by atoms with Gasteiger partial charge in [0.2, 0.25) is 112 Å². The minimum absolute atomic E-state index is 0.0379. The van der Waals surface area contributed by atoms with Gasteiger partial charge in [0.05, 0.1) is 25.4 Å². The van der Waals surface area contributed by atoms with E-state index in [0.717, 1.165) is 19.2 Å². The number of ether oxygens (including phenoxy) is 1. The number of nitrogens with two attached hydrogens (primary N) is 6. The first kappa shape index (κ1) is 100. The average molecular weight is 1760 g/mol. The number of H-pyrrole nitrogens is 1. The second-order valence-electron chi connectivity index (χ2n) is 31.4. The number of aliphatic hydroxyl groups excluding tert-OH is 1. The molecule has 5 aromatic rings. The molecule has 43 heteroatoms. The fraction of sp³-hybridized carbons (Fsp3) is 0.469. The van der Waals surface area contributed by atoms with Crippen LogP contribution in [0, 0.1) is 0 Å². The zero-order valence-electron chi connectivity index (χ0n) is 69.5. The van der Waals surface area contributed by atoms with Crippen molar-refractivity contribution in [3.63, 3.8) is 0 Å². The number of thiol groups is 2. The summed E-state index contributed by atoms with van der Waals surface area (Å²) in [4.78, 5) is 263. The molecule has 27 N–H and O–H groups in total. The Kier molecular flexibility index (Phi) is 37.1. The lowest BCUT2D eigenvalue weighted by Gasteiger charge is -2.38. The van der Waals surface area contributed by atoms with Crippen molar-refractivity contribution in [3.8, 4) is 0 Å². The minimum atomic E-state index is -2.00. The highest BCUT2D eigenvalue weighted by molar-refractivity contribution is 7.82. The highest BCUT2D eigenvalue weighted by Gasteiger charge is 2.47. The van der Waals surface area contributed by atoms with Gasteiger partial charge in [0.1, 0.15) is 72.0 Å². The molecule has 0 unspecified atom stereocenters. The molecule has 1 aromatic heterocycles. The van der Waals surface area contributed by atoms with Crippen LogP contribution in [0.25, 0.3) is 21.7 Å². The molecule has 1 aliphatic rings. The maximum absolute atomic E-state index is 15.6. The van der Waals surface area contributed by atoms with Crippen molar-refractivity contribution in [2.45, 2.75) is 220 Å². The quantitative estimate of drug-likeness (QED) is 0.0128. The van der Waals surface area contributed by atoms with Crippen LogP contribution in [0.4, 0.5) is 0 Å². The Labute approximate surface area is 723 Å². The van der Waals surface area contributed by atoms with Gasteiger partial charge in [-0.25, -0.2) is 0 Å². The van der Waals surface area contributed by atoms with Crippen molar-refractivity contribution < 1.29 is 101 Å². The second kappa shape index (κ2) is 45.9. The largest absolute Gasteiger partial charge is 0.391 e. The van der Waals surface area contributed by atoms with Crippen LogP contribution >= 0.6 is 25.3 Å². The third-order valence-corrected chi connectivity index (χ3v) is 20.6. The van der Waals surface area contributed by atoms with E-state index in [0.29, 0.717) is 27.4 Å². The van der Waals surface area contributed by atoms with Crippen LogP contribution in [0.5, 0.6) is 0 Å². The van der Waals surface area contributed by atoms with E-state index >= 15 is 28.8 Å². The highest BCUT2D eigenvalue weighted by atomic mass is 32.1. The molecule has 0 aliphatic carbocycles. The summed E-state index contributed by atoms with van der Waals surface area (Å²) in [5.74, 6) is -19.7. The summed E-state index contributed by atoms with van der Waals surface area (Å²) in [5, 5.41) is 45.8. The van der Waals surface area contributed by atoms with Gasteiger partial charge < -0.3 is 118 Å². The molecule has 0 radical (unpaired) electrons. The number of unbranched alkanes of at least 4 members (excludes halogenated alkanes) is 1. The number of hydrogen-bond acceptors (Lipinski definition) is 23. The first-order valence-corrected chi connectivity index (χ1v) is 40.5. The number of para-hydroxylation sites is 1. The van der Waals surface area contributed by atoms with E-state index in [2.05, 4.69) is 86.7 Å². The van der Waals surface area contributed by atoms with Gasteiger partial charge >= 0.3 is 0 Å². The Morgan fingerprint density at radius 2 is 0.927 bits per heavy atom. The Hall–Kier alpha value is -12.8. The summed E-state index contributed by atoms with van der Waals surface area (Å²) < 4.78 is 2.77. The Morgan fingerprint density at radius 1 is 0.468 bits per heavy atom. The number of amides is 19. The molecule has 19 amide bonds. The van der Waals surface area contributed by atoms with Gasteiger partial charge in [0.15, 0.2) is 0 Å². The molecule has 124 heavy (non-hydrogen) atoms. The zero-order valence-corrected chi connectivity index (χ0v) is 71.2. The summed E-state index contributed by atoms with van der Waals surface area (Å²) in [6.07, 6.45) is -5.64. The van der Waals surface area contributed by atoms with Crippen LogP contribution in [-0.4, -0.2) is 230 Å². The van der Waals surface area contributed by atoms with Gasteiger partial charge in [-0.05, 0) is 106 Å². The van der Waals surface area contributed by atoms with Gasteiger partial charge in [-0.3, -0.25) is 91.1 Å². The summed E-state index contributed by atoms with van der Waals surface area (Å²) in [6, 6.07) is 5.26. The van der Waals surface area contributed by atoms with E-state index in [1.165, 1.54) is 65.1 Å². The first-order chi connectivity index (χ1) is 58.1. The Balaban J connectivity index is 1.37. The van der Waals surface area contributed by atoms with Crippen LogP contribution in [0.2, 0.25) is 0 Å². The SMILES string of the molecule is CC(=O)NCCCC[C@H](NC(=O)C1(NC(=O)[C@H](Cc2ccc3ccccc3c2)NC(=O)[C@H](Cc2ccc(C(N)=O)cc2)NC(=O)[C@@H](NC(=O)[C@H](CCC(N)=O)NC(=O)[C@H](Cc2c[nH]c3ccccc23)NC(=O)[C@@H](NC(=O)[C@H](CC(N)=O)NC(=O)[C@@H](NC(C)=O)C(C)(C)S)[C@@H](C)O)C(C)(C)S)CCOCC1)C(=O)N[C@@H](CC(N)=O)C(=O)N[C@@H](CC(N)=O)C(N)=O. The number of benzene rings is 4. The number of rotatable bonds is 48. The number of aliphatic hydroxyl groups is 1. The molecule has 1 aliphatic heterocycles. The normalized spacial score (nSPS) is 15.4. The maximum atomic E-state index is 15.6. The molecule has 12 atom stereocenters. The van der Waals surface area contributed by atoms with Crippen molar-refractivity contribution in [2.75, 3.05) is 19.8 Å². The molecule has 0 saturated carbocycles.